The molecule has 1 aliphatic rings. The Bertz CT molecular complexity index is 849. The minimum Gasteiger partial charge on any atom is -0.460 e. The average molecular weight is 409 g/mol. The number of amides is 2. The fourth-order valence-electron chi connectivity index (χ4n) is 3.65. The maximum Gasteiger partial charge on any atom is 0.417 e. The second-order valence-electron chi connectivity index (χ2n) is 8.29. The van der Waals surface area contributed by atoms with Crippen molar-refractivity contribution in [1.29, 1.82) is 0 Å². The predicted molar refractivity (Wildman–Crippen MR) is 112 cm³/mol. The van der Waals surface area contributed by atoms with Crippen molar-refractivity contribution in [3.8, 4) is 0 Å². The summed E-state index contributed by atoms with van der Waals surface area (Å²) in [5.74, 6) is -1.14. The summed E-state index contributed by atoms with van der Waals surface area (Å²) >= 11 is 0. The zero-order valence-electron chi connectivity index (χ0n) is 17.5. The third-order valence-corrected chi connectivity index (χ3v) is 4.84. The first-order valence-electron chi connectivity index (χ1n) is 10.1. The lowest BCUT2D eigenvalue weighted by Crippen LogP contribution is -2.43. The zero-order chi connectivity index (χ0) is 21.7. The number of rotatable bonds is 6. The molecule has 2 aromatic rings. The van der Waals surface area contributed by atoms with E-state index in [4.69, 9.17) is 9.47 Å². The van der Waals surface area contributed by atoms with Gasteiger partial charge in [0.05, 0.1) is 12.5 Å². The van der Waals surface area contributed by atoms with Gasteiger partial charge >= 0.3 is 12.1 Å². The van der Waals surface area contributed by atoms with E-state index in [-0.39, 0.29) is 25.4 Å². The van der Waals surface area contributed by atoms with Crippen molar-refractivity contribution in [2.24, 2.45) is 0 Å². The van der Waals surface area contributed by atoms with E-state index in [1.807, 2.05) is 60.7 Å². The van der Waals surface area contributed by atoms with E-state index in [1.165, 1.54) is 0 Å². The minimum absolute atomic E-state index is 0.0893. The molecule has 2 amide bonds. The molecule has 1 aliphatic heterocycles. The first-order chi connectivity index (χ1) is 14.3. The highest BCUT2D eigenvalue weighted by Gasteiger charge is 2.43. The van der Waals surface area contributed by atoms with Crippen LogP contribution in [0, 0.1) is 0 Å². The molecule has 1 fully saturated rings. The summed E-state index contributed by atoms with van der Waals surface area (Å²) in [6, 6.07) is 19.0. The highest BCUT2D eigenvalue weighted by atomic mass is 16.6. The van der Waals surface area contributed by atoms with Crippen molar-refractivity contribution in [2.45, 2.75) is 51.2 Å². The highest BCUT2D eigenvalue weighted by Crippen LogP contribution is 2.34. The number of cyclic esters (lactones) is 1. The van der Waals surface area contributed by atoms with Crippen LogP contribution in [-0.2, 0) is 19.1 Å². The molecule has 6 heteroatoms. The fraction of sp³-hybridized carbons (Fsp3) is 0.375. The van der Waals surface area contributed by atoms with Crippen molar-refractivity contribution < 1.29 is 23.9 Å². The first kappa shape index (κ1) is 21.6. The Morgan fingerprint density at radius 1 is 1.00 bits per heavy atom. The molecule has 0 radical (unpaired) electrons. The van der Waals surface area contributed by atoms with E-state index in [1.54, 1.807) is 20.8 Å². The molecular formula is C24H27NO5. The number of esters is 1. The first-order valence-corrected chi connectivity index (χ1v) is 10.1. The molecule has 6 nitrogen and oxygen atoms in total. The molecule has 0 aliphatic carbocycles. The molecule has 1 heterocycles. The summed E-state index contributed by atoms with van der Waals surface area (Å²) in [4.78, 5) is 38.5. The summed E-state index contributed by atoms with van der Waals surface area (Å²) in [5, 5.41) is 0. The van der Waals surface area contributed by atoms with E-state index in [2.05, 4.69) is 0 Å². The molecule has 0 N–H and O–H groups in total. The summed E-state index contributed by atoms with van der Waals surface area (Å²) in [6.07, 6.45) is -0.879. The fourth-order valence-corrected chi connectivity index (χ4v) is 3.65. The van der Waals surface area contributed by atoms with Crippen molar-refractivity contribution in [2.75, 3.05) is 6.61 Å². The minimum atomic E-state index is -0.675. The number of ether oxygens (including phenoxy) is 2. The largest absolute Gasteiger partial charge is 0.460 e. The van der Waals surface area contributed by atoms with Gasteiger partial charge in [0, 0.05) is 12.3 Å². The van der Waals surface area contributed by atoms with Gasteiger partial charge in [0.15, 0.2) is 0 Å². The maximum atomic E-state index is 12.9. The van der Waals surface area contributed by atoms with E-state index >= 15 is 0 Å². The number of hydrogen-bond acceptors (Lipinski definition) is 5. The summed E-state index contributed by atoms with van der Waals surface area (Å²) in [6.45, 7) is 5.41. The second-order valence-corrected chi connectivity index (χ2v) is 8.29. The molecule has 1 atom stereocenters. The standard InChI is InChI=1S/C24H27NO5/c1-24(2,3)30-21(27)15-14-20(26)25-19(16-29-23(25)28)22(17-10-6-4-7-11-17)18-12-8-5-9-13-18/h4-13,19,22H,14-16H2,1-3H3/t19-/m0/s1. The van der Waals surface area contributed by atoms with Gasteiger partial charge in [0.25, 0.3) is 0 Å². The van der Waals surface area contributed by atoms with Gasteiger partial charge in [-0.1, -0.05) is 60.7 Å². The average Bonchev–Trinajstić information content (AvgIpc) is 3.08. The Morgan fingerprint density at radius 2 is 1.53 bits per heavy atom. The van der Waals surface area contributed by atoms with E-state index in [0.717, 1.165) is 16.0 Å². The summed E-state index contributed by atoms with van der Waals surface area (Å²) < 4.78 is 10.5. The van der Waals surface area contributed by atoms with Crippen LogP contribution in [0.3, 0.4) is 0 Å². The molecule has 30 heavy (non-hydrogen) atoms. The van der Waals surface area contributed by atoms with Gasteiger partial charge < -0.3 is 9.47 Å². The topological polar surface area (TPSA) is 72.9 Å². The smallest absolute Gasteiger partial charge is 0.417 e. The number of nitrogens with zero attached hydrogens (tertiary/aromatic N) is 1. The van der Waals surface area contributed by atoms with Crippen LogP contribution in [0.2, 0.25) is 0 Å². The molecule has 1 saturated heterocycles. The predicted octanol–water partition coefficient (Wildman–Crippen LogP) is 4.29. The third-order valence-electron chi connectivity index (χ3n) is 4.84. The quantitative estimate of drug-likeness (QED) is 0.666. The Hall–Kier alpha value is -3.15. The van der Waals surface area contributed by atoms with Crippen molar-refractivity contribution >= 4 is 18.0 Å². The lowest BCUT2D eigenvalue weighted by molar-refractivity contribution is -0.156. The van der Waals surface area contributed by atoms with Crippen LogP contribution in [0.15, 0.2) is 60.7 Å². The number of carbonyl (C=O) groups excluding carboxylic acids is 3. The molecule has 158 valence electrons. The van der Waals surface area contributed by atoms with Gasteiger partial charge in [-0.2, -0.15) is 0 Å². The van der Waals surface area contributed by atoms with Crippen LogP contribution in [-0.4, -0.2) is 41.1 Å². The van der Waals surface area contributed by atoms with Crippen LogP contribution in [0.5, 0.6) is 0 Å². The van der Waals surface area contributed by atoms with Gasteiger partial charge in [-0.25, -0.2) is 9.69 Å². The molecule has 0 saturated carbocycles. The highest BCUT2D eigenvalue weighted by molar-refractivity contribution is 5.95. The molecular weight excluding hydrogens is 382 g/mol. The zero-order valence-corrected chi connectivity index (χ0v) is 17.5. The van der Waals surface area contributed by atoms with Crippen molar-refractivity contribution in [1.82, 2.24) is 4.90 Å². The van der Waals surface area contributed by atoms with Gasteiger partial charge in [-0.3, -0.25) is 9.59 Å². The summed E-state index contributed by atoms with van der Waals surface area (Å²) in [5.41, 5.74) is 1.34. The van der Waals surface area contributed by atoms with Gasteiger partial charge in [0.2, 0.25) is 5.91 Å². The Morgan fingerprint density at radius 3 is 2.03 bits per heavy atom. The van der Waals surface area contributed by atoms with Crippen LogP contribution in [0.1, 0.15) is 50.7 Å². The van der Waals surface area contributed by atoms with Crippen molar-refractivity contribution in [3.63, 3.8) is 0 Å². The van der Waals surface area contributed by atoms with E-state index < -0.39 is 29.6 Å². The summed E-state index contributed by atoms with van der Waals surface area (Å²) in [7, 11) is 0. The van der Waals surface area contributed by atoms with Gasteiger partial charge in [0.1, 0.15) is 12.2 Å². The van der Waals surface area contributed by atoms with Crippen molar-refractivity contribution in [3.05, 3.63) is 71.8 Å². The van der Waals surface area contributed by atoms with E-state index in [9.17, 15) is 14.4 Å². The molecule has 0 spiro atoms. The lowest BCUT2D eigenvalue weighted by atomic mass is 9.85. The molecule has 0 aromatic heterocycles. The number of carbonyl (C=O) groups is 3. The van der Waals surface area contributed by atoms with Gasteiger partial charge in [-0.05, 0) is 31.9 Å². The molecule has 0 unspecified atom stereocenters. The monoisotopic (exact) mass is 409 g/mol. The molecule has 0 bridgehead atoms. The van der Waals surface area contributed by atoms with Crippen LogP contribution in [0.4, 0.5) is 4.79 Å². The third kappa shape index (κ3) is 5.26. The Balaban J connectivity index is 1.82. The van der Waals surface area contributed by atoms with Crippen LogP contribution < -0.4 is 0 Å². The number of imide groups is 1. The Kier molecular flexibility index (Phi) is 6.55. The van der Waals surface area contributed by atoms with Gasteiger partial charge in [-0.15, -0.1) is 0 Å². The lowest BCUT2D eigenvalue weighted by Gasteiger charge is -2.29. The Labute approximate surface area is 176 Å². The van der Waals surface area contributed by atoms with Crippen LogP contribution in [0.25, 0.3) is 0 Å². The van der Waals surface area contributed by atoms with E-state index in [0.29, 0.717) is 0 Å². The SMILES string of the molecule is CC(C)(C)OC(=O)CCC(=O)N1C(=O)OC[C@H]1C(c1ccccc1)c1ccccc1. The number of benzene rings is 2. The second kappa shape index (κ2) is 9.11. The maximum absolute atomic E-state index is 12.9. The molecule has 3 rings (SSSR count). The normalized spacial score (nSPS) is 16.5. The molecule has 2 aromatic carbocycles. The number of hydrogen-bond donors (Lipinski definition) is 0. The van der Waals surface area contributed by atoms with Crippen LogP contribution >= 0.6 is 0 Å².